The van der Waals surface area contributed by atoms with Gasteiger partial charge in [-0.15, -0.1) is 0 Å². The van der Waals surface area contributed by atoms with Gasteiger partial charge in [-0.05, 0) is 42.2 Å². The Morgan fingerprint density at radius 2 is 1.94 bits per heavy atom. The Morgan fingerprint density at radius 1 is 1.22 bits per heavy atom. The van der Waals surface area contributed by atoms with Gasteiger partial charge in [-0.25, -0.2) is 0 Å². The van der Waals surface area contributed by atoms with Crippen LogP contribution in [0.2, 0.25) is 0 Å². The number of carbonyl (C=O) groups is 2. The van der Waals surface area contributed by atoms with Crippen LogP contribution in [0, 0.1) is 0 Å². The topological polar surface area (TPSA) is 78.9 Å². The lowest BCUT2D eigenvalue weighted by Gasteiger charge is -2.17. The van der Waals surface area contributed by atoms with Crippen LogP contribution < -0.4 is 10.1 Å². The molecule has 1 atom stereocenters. The molecule has 2 aromatic carbocycles. The molecule has 1 aliphatic heterocycles. The molecule has 1 fully saturated rings. The van der Waals surface area contributed by atoms with Crippen molar-refractivity contribution in [3.8, 4) is 5.75 Å². The van der Waals surface area contributed by atoms with Gasteiger partial charge in [0.2, 0.25) is 5.91 Å². The second-order valence-electron chi connectivity index (χ2n) is 7.35. The molecule has 32 heavy (non-hydrogen) atoms. The van der Waals surface area contributed by atoms with Crippen LogP contribution >= 0.6 is 24.0 Å². The van der Waals surface area contributed by atoms with Gasteiger partial charge >= 0.3 is 0 Å². The molecule has 0 radical (unpaired) electrons. The Hall–Kier alpha value is -2.68. The standard InChI is InChI=1S/C24H26N2O4S2/c1-30-20-11-9-18(10-12-20)15-21-23(29)26(24(31)32-21)13-5-8-22(28)25-19(16-27)14-17-6-3-2-4-7-17/h2-4,6-7,9-12,15,19,27H,5,8,13-14,16H2,1H3,(H,25,28). The summed E-state index contributed by atoms with van der Waals surface area (Å²) in [4.78, 5) is 27.1. The Balaban J connectivity index is 1.48. The van der Waals surface area contributed by atoms with E-state index in [9.17, 15) is 14.7 Å². The molecule has 2 aromatic rings. The highest BCUT2D eigenvalue weighted by molar-refractivity contribution is 8.26. The van der Waals surface area contributed by atoms with Gasteiger partial charge < -0.3 is 15.2 Å². The predicted molar refractivity (Wildman–Crippen MR) is 131 cm³/mol. The van der Waals surface area contributed by atoms with Crippen LogP contribution in [0.4, 0.5) is 0 Å². The van der Waals surface area contributed by atoms with Crippen molar-refractivity contribution >= 4 is 46.2 Å². The molecule has 1 unspecified atom stereocenters. The van der Waals surface area contributed by atoms with E-state index in [0.29, 0.717) is 28.6 Å². The first-order valence-electron chi connectivity index (χ1n) is 10.3. The third-order valence-corrected chi connectivity index (χ3v) is 6.36. The van der Waals surface area contributed by atoms with E-state index in [2.05, 4.69) is 5.32 Å². The fourth-order valence-electron chi connectivity index (χ4n) is 3.30. The second kappa shape index (κ2) is 11.8. The summed E-state index contributed by atoms with van der Waals surface area (Å²) in [5.41, 5.74) is 1.94. The largest absolute Gasteiger partial charge is 0.497 e. The molecule has 1 aliphatic rings. The summed E-state index contributed by atoms with van der Waals surface area (Å²) in [6.07, 6.45) is 3.10. The molecule has 0 spiro atoms. The van der Waals surface area contributed by atoms with Crippen molar-refractivity contribution < 1.29 is 19.4 Å². The maximum Gasteiger partial charge on any atom is 0.266 e. The number of amides is 2. The number of aliphatic hydroxyl groups is 1. The summed E-state index contributed by atoms with van der Waals surface area (Å²) in [5, 5.41) is 12.4. The number of ether oxygens (including phenoxy) is 1. The quantitative estimate of drug-likeness (QED) is 0.409. The van der Waals surface area contributed by atoms with Gasteiger partial charge in [0.1, 0.15) is 10.1 Å². The minimum absolute atomic E-state index is 0.133. The first-order chi connectivity index (χ1) is 15.5. The molecule has 0 bridgehead atoms. The monoisotopic (exact) mass is 470 g/mol. The van der Waals surface area contributed by atoms with Crippen molar-refractivity contribution in [3.63, 3.8) is 0 Å². The van der Waals surface area contributed by atoms with Crippen molar-refractivity contribution in [2.45, 2.75) is 25.3 Å². The Morgan fingerprint density at radius 3 is 2.59 bits per heavy atom. The van der Waals surface area contributed by atoms with Gasteiger partial charge in [-0.3, -0.25) is 14.5 Å². The van der Waals surface area contributed by atoms with E-state index in [0.717, 1.165) is 16.9 Å². The first-order valence-corrected chi connectivity index (χ1v) is 11.6. The molecule has 3 rings (SSSR count). The summed E-state index contributed by atoms with van der Waals surface area (Å²) in [6, 6.07) is 16.8. The van der Waals surface area contributed by atoms with E-state index < -0.39 is 0 Å². The maximum absolute atomic E-state index is 12.7. The van der Waals surface area contributed by atoms with Crippen LogP contribution in [0.1, 0.15) is 24.0 Å². The Kier molecular flexibility index (Phi) is 8.84. The van der Waals surface area contributed by atoms with Crippen LogP contribution in [-0.2, 0) is 16.0 Å². The molecule has 1 heterocycles. The first kappa shape index (κ1) is 24.0. The van der Waals surface area contributed by atoms with Crippen LogP contribution in [-0.4, -0.2) is 52.4 Å². The van der Waals surface area contributed by atoms with E-state index in [-0.39, 0.29) is 30.9 Å². The lowest BCUT2D eigenvalue weighted by atomic mass is 10.1. The molecule has 0 saturated carbocycles. The fraction of sp³-hybridized carbons (Fsp3) is 0.292. The summed E-state index contributed by atoms with van der Waals surface area (Å²) >= 11 is 6.63. The molecular formula is C24H26N2O4S2. The summed E-state index contributed by atoms with van der Waals surface area (Å²) in [6.45, 7) is 0.242. The van der Waals surface area contributed by atoms with Crippen molar-refractivity contribution in [1.82, 2.24) is 10.2 Å². The highest BCUT2D eigenvalue weighted by Crippen LogP contribution is 2.32. The van der Waals surface area contributed by atoms with Crippen molar-refractivity contribution in [1.29, 1.82) is 0 Å². The van der Waals surface area contributed by atoms with Gasteiger partial charge in [0.15, 0.2) is 0 Å². The number of thiocarbonyl (C=S) groups is 1. The average Bonchev–Trinajstić information content (AvgIpc) is 3.07. The number of thioether (sulfide) groups is 1. The van der Waals surface area contributed by atoms with E-state index >= 15 is 0 Å². The van der Waals surface area contributed by atoms with Crippen molar-refractivity contribution in [2.24, 2.45) is 0 Å². The number of hydrogen-bond acceptors (Lipinski definition) is 6. The summed E-state index contributed by atoms with van der Waals surface area (Å²) in [7, 11) is 1.60. The van der Waals surface area contributed by atoms with Crippen LogP contribution in [0.25, 0.3) is 6.08 Å². The van der Waals surface area contributed by atoms with Crippen molar-refractivity contribution in [3.05, 3.63) is 70.6 Å². The number of benzene rings is 2. The molecule has 0 aliphatic carbocycles. The zero-order valence-electron chi connectivity index (χ0n) is 17.8. The van der Waals surface area contributed by atoms with E-state index in [1.165, 1.54) is 16.7 Å². The number of nitrogens with one attached hydrogen (secondary N) is 1. The minimum atomic E-state index is -0.339. The van der Waals surface area contributed by atoms with E-state index in [1.54, 1.807) is 13.2 Å². The van der Waals surface area contributed by atoms with E-state index in [1.807, 2.05) is 54.6 Å². The minimum Gasteiger partial charge on any atom is -0.497 e. The number of aliphatic hydroxyl groups excluding tert-OH is 1. The molecule has 0 aromatic heterocycles. The molecule has 2 N–H and O–H groups in total. The normalized spacial score (nSPS) is 15.8. The third-order valence-electron chi connectivity index (χ3n) is 4.98. The Labute approximate surface area is 197 Å². The third kappa shape index (κ3) is 6.66. The molecule has 2 amide bonds. The van der Waals surface area contributed by atoms with Gasteiger partial charge in [0.05, 0.1) is 24.7 Å². The lowest BCUT2D eigenvalue weighted by molar-refractivity contribution is -0.124. The molecule has 1 saturated heterocycles. The number of nitrogens with zero attached hydrogens (tertiary/aromatic N) is 1. The van der Waals surface area contributed by atoms with Gasteiger partial charge in [0, 0.05) is 13.0 Å². The van der Waals surface area contributed by atoms with Crippen LogP contribution in [0.3, 0.4) is 0 Å². The maximum atomic E-state index is 12.7. The average molecular weight is 471 g/mol. The number of methoxy groups -OCH3 is 1. The fourth-order valence-corrected chi connectivity index (χ4v) is 4.61. The summed E-state index contributed by atoms with van der Waals surface area (Å²) < 4.78 is 5.64. The zero-order valence-corrected chi connectivity index (χ0v) is 19.5. The van der Waals surface area contributed by atoms with Gasteiger partial charge in [-0.2, -0.15) is 0 Å². The van der Waals surface area contributed by atoms with E-state index in [4.69, 9.17) is 17.0 Å². The number of hydrogen-bond donors (Lipinski definition) is 2. The van der Waals surface area contributed by atoms with Gasteiger partial charge in [0.25, 0.3) is 5.91 Å². The lowest BCUT2D eigenvalue weighted by Crippen LogP contribution is -2.39. The molecule has 6 nitrogen and oxygen atoms in total. The zero-order chi connectivity index (χ0) is 22.9. The second-order valence-corrected chi connectivity index (χ2v) is 9.02. The smallest absolute Gasteiger partial charge is 0.266 e. The SMILES string of the molecule is COc1ccc(C=C2SC(=S)N(CCCC(=O)NC(CO)Cc3ccccc3)C2=O)cc1. The predicted octanol–water partition coefficient (Wildman–Crippen LogP) is 3.40. The van der Waals surface area contributed by atoms with Gasteiger partial charge in [-0.1, -0.05) is 66.4 Å². The van der Waals surface area contributed by atoms with Crippen LogP contribution in [0.15, 0.2) is 59.5 Å². The Bertz CT molecular complexity index is 977. The molecular weight excluding hydrogens is 444 g/mol. The molecule has 168 valence electrons. The number of rotatable bonds is 10. The number of carbonyl (C=O) groups excluding carboxylic acids is 2. The van der Waals surface area contributed by atoms with Crippen LogP contribution in [0.5, 0.6) is 5.75 Å². The summed E-state index contributed by atoms with van der Waals surface area (Å²) in [5.74, 6) is 0.452. The highest BCUT2D eigenvalue weighted by atomic mass is 32.2. The van der Waals surface area contributed by atoms with Crippen molar-refractivity contribution in [2.75, 3.05) is 20.3 Å². The highest BCUT2D eigenvalue weighted by Gasteiger charge is 2.31. The molecule has 8 heteroatoms.